The maximum atomic E-state index is 9.67. The third-order valence-corrected chi connectivity index (χ3v) is 2.86. The highest BCUT2D eigenvalue weighted by Crippen LogP contribution is 2.24. The Bertz CT molecular complexity index is 356. The Hall–Kier alpha value is -1.10. The van der Waals surface area contributed by atoms with Gasteiger partial charge in [-0.2, -0.15) is 4.98 Å². The monoisotopic (exact) mass is 225 g/mol. The number of anilines is 1. The lowest BCUT2D eigenvalue weighted by atomic mass is 9.97. The van der Waals surface area contributed by atoms with Gasteiger partial charge in [0.05, 0.1) is 12.1 Å². The molecule has 1 fully saturated rings. The van der Waals surface area contributed by atoms with Gasteiger partial charge >= 0.3 is 0 Å². The predicted octanol–water partition coefficient (Wildman–Crippen LogP) is 1.69. The summed E-state index contributed by atoms with van der Waals surface area (Å²) >= 11 is 0. The maximum absolute atomic E-state index is 9.67. The summed E-state index contributed by atoms with van der Waals surface area (Å²) < 4.78 is 5.17. The van der Waals surface area contributed by atoms with Gasteiger partial charge in [0.25, 0.3) is 5.95 Å². The highest BCUT2D eigenvalue weighted by atomic mass is 16.5. The Labute approximate surface area is 95.2 Å². The first kappa shape index (κ1) is 11.4. The molecule has 90 valence electrons. The fourth-order valence-corrected chi connectivity index (χ4v) is 1.86. The van der Waals surface area contributed by atoms with Gasteiger partial charge < -0.3 is 14.9 Å². The van der Waals surface area contributed by atoms with Crippen LogP contribution in [-0.4, -0.2) is 27.4 Å². The predicted molar refractivity (Wildman–Crippen MR) is 60.3 cm³/mol. The number of aliphatic hydroxyl groups excluding tert-OH is 1. The average Bonchev–Trinajstić information content (AvgIpc) is 2.76. The average molecular weight is 225 g/mol. The first-order valence-electron chi connectivity index (χ1n) is 5.75. The van der Waals surface area contributed by atoms with Crippen LogP contribution in [0.3, 0.4) is 0 Å². The molecule has 1 heterocycles. The molecule has 1 aromatic rings. The molecule has 0 amide bonds. The molecule has 5 heteroatoms. The van der Waals surface area contributed by atoms with E-state index in [0.29, 0.717) is 11.8 Å². The first-order chi connectivity index (χ1) is 7.47. The van der Waals surface area contributed by atoms with Gasteiger partial charge in [0, 0.05) is 5.41 Å². The van der Waals surface area contributed by atoms with Gasteiger partial charge in [0.1, 0.15) is 0 Å². The van der Waals surface area contributed by atoms with Crippen LogP contribution in [-0.2, 0) is 5.41 Å². The number of rotatable bonds is 2. The van der Waals surface area contributed by atoms with Gasteiger partial charge in [-0.1, -0.05) is 20.8 Å². The highest BCUT2D eigenvalue weighted by molar-refractivity contribution is 5.26. The van der Waals surface area contributed by atoms with Crippen LogP contribution in [0, 0.1) is 0 Å². The summed E-state index contributed by atoms with van der Waals surface area (Å²) in [5.74, 6) is 1.10. The SMILES string of the molecule is CC(C)(C)c1nc(N[C@@H]2CCC[C@@H]2O)no1. The van der Waals surface area contributed by atoms with E-state index in [0.717, 1.165) is 19.3 Å². The number of aliphatic hydroxyl groups is 1. The standard InChI is InChI=1S/C11H19N3O2/c1-11(2,3)9-13-10(14-16-9)12-7-5-4-6-8(7)15/h7-8,15H,4-6H2,1-3H3,(H,12,14)/t7-,8+/m1/s1. The van der Waals surface area contributed by atoms with Crippen molar-refractivity contribution >= 4 is 5.95 Å². The van der Waals surface area contributed by atoms with Crippen molar-refractivity contribution in [2.45, 2.75) is 57.6 Å². The highest BCUT2D eigenvalue weighted by Gasteiger charge is 2.27. The van der Waals surface area contributed by atoms with Crippen LogP contribution in [0.2, 0.25) is 0 Å². The van der Waals surface area contributed by atoms with Crippen molar-refractivity contribution in [3.05, 3.63) is 5.89 Å². The lowest BCUT2D eigenvalue weighted by Gasteiger charge is -2.14. The first-order valence-corrected chi connectivity index (χ1v) is 5.75. The van der Waals surface area contributed by atoms with Crippen molar-refractivity contribution in [3.8, 4) is 0 Å². The number of hydrogen-bond acceptors (Lipinski definition) is 5. The second-order valence-electron chi connectivity index (χ2n) is 5.42. The van der Waals surface area contributed by atoms with Crippen molar-refractivity contribution in [2.24, 2.45) is 0 Å². The molecular formula is C11H19N3O2. The largest absolute Gasteiger partial charge is 0.391 e. The molecule has 1 aliphatic rings. The van der Waals surface area contributed by atoms with Gasteiger partial charge in [-0.15, -0.1) is 0 Å². The second-order valence-corrected chi connectivity index (χ2v) is 5.42. The van der Waals surface area contributed by atoms with E-state index in [1.54, 1.807) is 0 Å². The number of nitrogens with zero attached hydrogens (tertiary/aromatic N) is 2. The third-order valence-electron chi connectivity index (χ3n) is 2.86. The molecule has 0 bridgehead atoms. The van der Waals surface area contributed by atoms with E-state index in [1.165, 1.54) is 0 Å². The Balaban J connectivity index is 2.03. The molecule has 0 spiro atoms. The lowest BCUT2D eigenvalue weighted by molar-refractivity contribution is 0.171. The molecular weight excluding hydrogens is 206 g/mol. The molecule has 5 nitrogen and oxygen atoms in total. The van der Waals surface area contributed by atoms with Gasteiger partial charge in [-0.05, 0) is 24.4 Å². The van der Waals surface area contributed by atoms with Crippen LogP contribution >= 0.6 is 0 Å². The maximum Gasteiger partial charge on any atom is 0.263 e. The molecule has 1 saturated carbocycles. The Morgan fingerprint density at radius 3 is 2.62 bits per heavy atom. The third kappa shape index (κ3) is 2.35. The zero-order chi connectivity index (χ0) is 11.8. The Morgan fingerprint density at radius 1 is 1.38 bits per heavy atom. The molecule has 2 rings (SSSR count). The van der Waals surface area contributed by atoms with Crippen LogP contribution in [0.25, 0.3) is 0 Å². The summed E-state index contributed by atoms with van der Waals surface area (Å²) in [6, 6.07) is 0.0606. The fraction of sp³-hybridized carbons (Fsp3) is 0.818. The van der Waals surface area contributed by atoms with Crippen LogP contribution in [0.15, 0.2) is 4.52 Å². The van der Waals surface area contributed by atoms with E-state index >= 15 is 0 Å². The van der Waals surface area contributed by atoms with Crippen LogP contribution in [0.4, 0.5) is 5.95 Å². The van der Waals surface area contributed by atoms with E-state index in [-0.39, 0.29) is 17.6 Å². The van der Waals surface area contributed by atoms with Gasteiger partial charge in [0.15, 0.2) is 0 Å². The van der Waals surface area contributed by atoms with E-state index in [9.17, 15) is 5.11 Å². The molecule has 16 heavy (non-hydrogen) atoms. The molecule has 1 aromatic heterocycles. The van der Waals surface area contributed by atoms with Crippen molar-refractivity contribution < 1.29 is 9.63 Å². The second kappa shape index (κ2) is 4.05. The smallest absolute Gasteiger partial charge is 0.263 e. The quantitative estimate of drug-likeness (QED) is 0.801. The summed E-state index contributed by atoms with van der Waals surface area (Å²) in [4.78, 5) is 4.28. The lowest BCUT2D eigenvalue weighted by Crippen LogP contribution is -2.28. The van der Waals surface area contributed by atoms with Crippen LogP contribution in [0.1, 0.15) is 45.9 Å². The van der Waals surface area contributed by atoms with Crippen molar-refractivity contribution in [3.63, 3.8) is 0 Å². The molecule has 0 radical (unpaired) electrons. The summed E-state index contributed by atoms with van der Waals surface area (Å²) in [5, 5.41) is 16.7. The Morgan fingerprint density at radius 2 is 2.12 bits per heavy atom. The van der Waals surface area contributed by atoms with Crippen molar-refractivity contribution in [1.82, 2.24) is 10.1 Å². The zero-order valence-corrected chi connectivity index (χ0v) is 10.0. The summed E-state index contributed by atoms with van der Waals surface area (Å²) in [6.07, 6.45) is 2.56. The molecule has 0 saturated heterocycles. The minimum Gasteiger partial charge on any atom is -0.391 e. The summed E-state index contributed by atoms with van der Waals surface area (Å²) in [7, 11) is 0. The van der Waals surface area contributed by atoms with Gasteiger partial charge in [-0.3, -0.25) is 0 Å². The molecule has 2 atom stereocenters. The topological polar surface area (TPSA) is 71.2 Å². The number of nitrogens with one attached hydrogen (secondary N) is 1. The zero-order valence-electron chi connectivity index (χ0n) is 10.0. The minimum absolute atomic E-state index is 0.0606. The van der Waals surface area contributed by atoms with Gasteiger partial charge in [0.2, 0.25) is 5.89 Å². The molecule has 0 aliphatic heterocycles. The van der Waals surface area contributed by atoms with E-state index < -0.39 is 0 Å². The van der Waals surface area contributed by atoms with Gasteiger partial charge in [-0.25, -0.2) is 0 Å². The van der Waals surface area contributed by atoms with Crippen molar-refractivity contribution in [2.75, 3.05) is 5.32 Å². The fourth-order valence-electron chi connectivity index (χ4n) is 1.86. The van der Waals surface area contributed by atoms with Crippen LogP contribution < -0.4 is 5.32 Å². The number of hydrogen-bond donors (Lipinski definition) is 2. The summed E-state index contributed by atoms with van der Waals surface area (Å²) in [5.41, 5.74) is -0.138. The van der Waals surface area contributed by atoms with Crippen molar-refractivity contribution in [1.29, 1.82) is 0 Å². The Kier molecular flexibility index (Phi) is 2.88. The molecule has 0 unspecified atom stereocenters. The van der Waals surface area contributed by atoms with Crippen LogP contribution in [0.5, 0.6) is 0 Å². The summed E-state index contributed by atoms with van der Waals surface area (Å²) in [6.45, 7) is 6.07. The minimum atomic E-state index is -0.295. The molecule has 0 aromatic carbocycles. The number of aromatic nitrogens is 2. The van der Waals surface area contributed by atoms with E-state index in [4.69, 9.17) is 4.52 Å². The van der Waals surface area contributed by atoms with E-state index in [2.05, 4.69) is 15.5 Å². The molecule has 2 N–H and O–H groups in total. The van der Waals surface area contributed by atoms with E-state index in [1.807, 2.05) is 20.8 Å². The molecule has 1 aliphatic carbocycles. The normalized spacial score (nSPS) is 26.0.